The highest BCUT2D eigenvalue weighted by atomic mass is 35.5. The first-order valence-corrected chi connectivity index (χ1v) is 11.7. The van der Waals surface area contributed by atoms with Crippen LogP contribution in [-0.2, 0) is 9.53 Å². The number of allylic oxidation sites excluding steroid dienone is 1. The first kappa shape index (κ1) is 23.8. The molecule has 0 radical (unpaired) electrons. The van der Waals surface area contributed by atoms with Crippen LogP contribution >= 0.6 is 22.9 Å². The molecule has 1 aliphatic heterocycles. The first-order valence-electron chi connectivity index (χ1n) is 10.5. The van der Waals surface area contributed by atoms with Gasteiger partial charge in [-0.1, -0.05) is 35.1 Å². The number of nitrogens with zero attached hydrogens (tertiary/aromatic N) is 2. The van der Waals surface area contributed by atoms with E-state index in [1.807, 2.05) is 0 Å². The van der Waals surface area contributed by atoms with Gasteiger partial charge in [0.05, 0.1) is 42.7 Å². The van der Waals surface area contributed by atoms with E-state index < -0.39 is 12.0 Å². The molecule has 0 saturated carbocycles. The molecule has 176 valence electrons. The van der Waals surface area contributed by atoms with E-state index >= 15 is 0 Å². The average Bonchev–Trinajstić information content (AvgIpc) is 3.13. The first-order chi connectivity index (χ1) is 16.4. The van der Waals surface area contributed by atoms with E-state index in [0.29, 0.717) is 42.7 Å². The topological polar surface area (TPSA) is 79.1 Å². The van der Waals surface area contributed by atoms with Crippen molar-refractivity contribution in [1.82, 2.24) is 4.57 Å². The van der Waals surface area contributed by atoms with E-state index in [9.17, 15) is 9.59 Å². The molecule has 7 nitrogen and oxygen atoms in total. The third-order valence-corrected chi connectivity index (χ3v) is 6.66. The van der Waals surface area contributed by atoms with Gasteiger partial charge in [0.2, 0.25) is 0 Å². The second-order valence-corrected chi connectivity index (χ2v) is 8.91. The van der Waals surface area contributed by atoms with Crippen LogP contribution in [0.3, 0.4) is 0 Å². The van der Waals surface area contributed by atoms with Gasteiger partial charge in [-0.2, -0.15) is 0 Å². The van der Waals surface area contributed by atoms with Crippen molar-refractivity contribution in [2.45, 2.75) is 19.9 Å². The molecule has 0 fully saturated rings. The van der Waals surface area contributed by atoms with Crippen LogP contribution in [0.2, 0.25) is 5.02 Å². The lowest BCUT2D eigenvalue weighted by Crippen LogP contribution is -2.39. The lowest BCUT2D eigenvalue weighted by molar-refractivity contribution is -0.139. The number of aromatic nitrogens is 1. The van der Waals surface area contributed by atoms with Gasteiger partial charge in [0, 0.05) is 10.6 Å². The van der Waals surface area contributed by atoms with Crippen molar-refractivity contribution in [1.29, 1.82) is 0 Å². The number of methoxy groups -OCH3 is 2. The quantitative estimate of drug-likeness (QED) is 0.486. The van der Waals surface area contributed by atoms with Gasteiger partial charge in [0.1, 0.15) is 11.5 Å². The van der Waals surface area contributed by atoms with E-state index in [4.69, 9.17) is 25.8 Å². The third-order valence-electron chi connectivity index (χ3n) is 5.43. The minimum Gasteiger partial charge on any atom is -0.497 e. The van der Waals surface area contributed by atoms with Crippen LogP contribution in [0.25, 0.3) is 6.08 Å². The summed E-state index contributed by atoms with van der Waals surface area (Å²) >= 11 is 7.33. The number of carbonyl (C=O) groups is 1. The Bertz CT molecular complexity index is 1450. The van der Waals surface area contributed by atoms with Crippen molar-refractivity contribution in [3.63, 3.8) is 0 Å². The molecule has 3 aromatic rings. The van der Waals surface area contributed by atoms with E-state index in [1.54, 1.807) is 76.6 Å². The summed E-state index contributed by atoms with van der Waals surface area (Å²) in [5, 5.41) is 0.555. The summed E-state index contributed by atoms with van der Waals surface area (Å²) in [5.74, 6) is 0.732. The summed E-state index contributed by atoms with van der Waals surface area (Å²) in [6, 6.07) is 11.7. The van der Waals surface area contributed by atoms with Crippen LogP contribution < -0.4 is 24.4 Å². The van der Waals surface area contributed by atoms with Crippen LogP contribution in [-0.4, -0.2) is 31.4 Å². The highest BCUT2D eigenvalue weighted by molar-refractivity contribution is 7.07. The maximum absolute atomic E-state index is 13.7. The fraction of sp³-hybridized carbons (Fsp3) is 0.240. The van der Waals surface area contributed by atoms with Crippen molar-refractivity contribution in [3.05, 3.63) is 89.6 Å². The van der Waals surface area contributed by atoms with Crippen LogP contribution in [0.15, 0.2) is 63.5 Å². The van der Waals surface area contributed by atoms with Crippen molar-refractivity contribution in [3.8, 4) is 11.5 Å². The fourth-order valence-corrected chi connectivity index (χ4v) is 5.01. The van der Waals surface area contributed by atoms with Gasteiger partial charge in [-0.15, -0.1) is 0 Å². The number of ether oxygens (including phenoxy) is 3. The van der Waals surface area contributed by atoms with E-state index in [2.05, 4.69) is 4.99 Å². The normalized spacial score (nSPS) is 15.6. The Kier molecular flexibility index (Phi) is 6.90. The number of benzene rings is 2. The van der Waals surface area contributed by atoms with E-state index in [-0.39, 0.29) is 12.2 Å². The molecule has 2 aromatic carbocycles. The summed E-state index contributed by atoms with van der Waals surface area (Å²) < 4.78 is 18.1. The van der Waals surface area contributed by atoms with Gasteiger partial charge < -0.3 is 14.2 Å². The van der Waals surface area contributed by atoms with Crippen LogP contribution in [0.1, 0.15) is 31.0 Å². The van der Waals surface area contributed by atoms with E-state index in [1.165, 1.54) is 15.9 Å². The minimum absolute atomic E-state index is 0.211. The lowest BCUT2D eigenvalue weighted by atomic mass is 9.96. The molecule has 1 aliphatic rings. The van der Waals surface area contributed by atoms with Gasteiger partial charge in [0.25, 0.3) is 5.56 Å². The highest BCUT2D eigenvalue weighted by Crippen LogP contribution is 2.31. The maximum atomic E-state index is 13.7. The summed E-state index contributed by atoms with van der Waals surface area (Å²) in [7, 11) is 3.14. The summed E-state index contributed by atoms with van der Waals surface area (Å²) in [4.78, 5) is 31.7. The van der Waals surface area contributed by atoms with E-state index in [0.717, 1.165) is 5.56 Å². The van der Waals surface area contributed by atoms with Crippen molar-refractivity contribution >= 4 is 35.0 Å². The molecular weight excluding hydrogens is 476 g/mol. The van der Waals surface area contributed by atoms with Gasteiger partial charge >= 0.3 is 5.97 Å². The predicted molar refractivity (Wildman–Crippen MR) is 131 cm³/mol. The average molecular weight is 499 g/mol. The second kappa shape index (κ2) is 9.87. The molecule has 1 aromatic heterocycles. The van der Waals surface area contributed by atoms with Gasteiger partial charge in [-0.3, -0.25) is 9.36 Å². The molecule has 0 spiro atoms. The number of hydrogen-bond donors (Lipinski definition) is 0. The molecule has 0 unspecified atom stereocenters. The standard InChI is InChI=1S/C25H23ClN2O5S/c1-5-33-24(30)21-14(2)27-25-28(22(21)15-6-8-17(26)9-7-15)23(29)20(34-25)13-16-12-18(31-3)10-11-19(16)32-4/h6-13,22H,5H2,1-4H3/t22-/m1/s1. The number of carbonyl (C=O) groups excluding carboxylic acids is 1. The van der Waals surface area contributed by atoms with Crippen LogP contribution in [0.5, 0.6) is 11.5 Å². The summed E-state index contributed by atoms with van der Waals surface area (Å²) in [5.41, 5.74) is 1.97. The molecule has 0 N–H and O–H groups in total. The van der Waals surface area contributed by atoms with Gasteiger partial charge in [0.15, 0.2) is 4.80 Å². The summed E-state index contributed by atoms with van der Waals surface area (Å²) in [6.45, 7) is 3.70. The Morgan fingerprint density at radius 2 is 1.91 bits per heavy atom. The third kappa shape index (κ3) is 4.38. The Labute approximate surface area is 205 Å². The Morgan fingerprint density at radius 1 is 1.18 bits per heavy atom. The van der Waals surface area contributed by atoms with Gasteiger partial charge in [-0.05, 0) is 55.8 Å². The zero-order chi connectivity index (χ0) is 24.4. The lowest BCUT2D eigenvalue weighted by Gasteiger charge is -2.24. The SMILES string of the molecule is CCOC(=O)C1=C(C)N=c2sc(=Cc3cc(OC)ccc3OC)c(=O)n2[C@@H]1c1ccc(Cl)cc1. The van der Waals surface area contributed by atoms with Crippen LogP contribution in [0.4, 0.5) is 0 Å². The number of fused-ring (bicyclic) bond motifs is 1. The molecule has 0 amide bonds. The molecule has 9 heteroatoms. The number of hydrogen-bond acceptors (Lipinski definition) is 7. The number of thiazole rings is 1. The van der Waals surface area contributed by atoms with Gasteiger partial charge in [-0.25, -0.2) is 9.79 Å². The molecule has 1 atom stereocenters. The maximum Gasteiger partial charge on any atom is 0.338 e. The number of rotatable bonds is 6. The van der Waals surface area contributed by atoms with Crippen molar-refractivity contribution < 1.29 is 19.0 Å². The van der Waals surface area contributed by atoms with Crippen LogP contribution in [0, 0.1) is 0 Å². The Morgan fingerprint density at radius 3 is 2.56 bits per heavy atom. The zero-order valence-corrected chi connectivity index (χ0v) is 20.7. The molecule has 0 bridgehead atoms. The Balaban J connectivity index is 1.96. The highest BCUT2D eigenvalue weighted by Gasteiger charge is 2.33. The smallest absolute Gasteiger partial charge is 0.338 e. The van der Waals surface area contributed by atoms with Crippen molar-refractivity contribution in [2.75, 3.05) is 20.8 Å². The second-order valence-electron chi connectivity index (χ2n) is 7.46. The molecule has 0 aliphatic carbocycles. The fourth-order valence-electron chi connectivity index (χ4n) is 3.85. The number of esters is 1. The minimum atomic E-state index is -0.693. The molecular formula is C25H23ClN2O5S. The molecule has 4 rings (SSSR count). The summed E-state index contributed by atoms with van der Waals surface area (Å²) in [6.07, 6.45) is 1.74. The Hall–Kier alpha value is -3.36. The molecule has 2 heterocycles. The molecule has 0 saturated heterocycles. The molecule has 34 heavy (non-hydrogen) atoms. The monoisotopic (exact) mass is 498 g/mol. The number of halogens is 1. The van der Waals surface area contributed by atoms with Crippen molar-refractivity contribution in [2.24, 2.45) is 4.99 Å². The largest absolute Gasteiger partial charge is 0.497 e. The zero-order valence-electron chi connectivity index (χ0n) is 19.1. The predicted octanol–water partition coefficient (Wildman–Crippen LogP) is 3.47.